The van der Waals surface area contributed by atoms with E-state index in [-0.39, 0.29) is 0 Å². The fourth-order valence-electron chi connectivity index (χ4n) is 10.0. The van der Waals surface area contributed by atoms with Gasteiger partial charge in [-0.15, -0.1) is 0 Å². The number of hydrogen-bond donors (Lipinski definition) is 0. The minimum absolute atomic E-state index is 1.17. The monoisotopic (exact) mass is 682 g/mol. The minimum atomic E-state index is 1.17. The number of benzene rings is 10. The zero-order valence-corrected chi connectivity index (χ0v) is 29.2. The molecular formula is C52H30N2. The molecule has 54 heavy (non-hydrogen) atoms. The molecule has 0 saturated heterocycles. The number of nitrogens with zero attached hydrogens (tertiary/aromatic N) is 2. The largest absolute Gasteiger partial charge is 0.309 e. The number of rotatable bonds is 3. The van der Waals surface area contributed by atoms with Crippen molar-refractivity contribution in [1.29, 1.82) is 0 Å². The molecule has 1 aliphatic carbocycles. The molecule has 0 atom stereocenters. The van der Waals surface area contributed by atoms with Gasteiger partial charge in [0.2, 0.25) is 0 Å². The minimum Gasteiger partial charge on any atom is -0.309 e. The highest BCUT2D eigenvalue weighted by Gasteiger charge is 2.27. The van der Waals surface area contributed by atoms with Gasteiger partial charge < -0.3 is 9.13 Å². The van der Waals surface area contributed by atoms with Crippen molar-refractivity contribution in [2.45, 2.75) is 0 Å². The van der Waals surface area contributed by atoms with Gasteiger partial charge in [0.15, 0.2) is 0 Å². The number of hydrogen-bond acceptors (Lipinski definition) is 0. The summed E-state index contributed by atoms with van der Waals surface area (Å²) in [5.74, 6) is 0. The molecule has 0 amide bonds. The van der Waals surface area contributed by atoms with Gasteiger partial charge in [-0.3, -0.25) is 0 Å². The van der Waals surface area contributed by atoms with Crippen LogP contribution in [0.25, 0.3) is 120 Å². The molecule has 1 aliphatic rings. The SMILES string of the molecule is c1ccc(-c2cccc(-n3c4cccc5c4c4c6c(ccc43)ccc3c6c4c-5cccc4n3-c3ccc4c5ccccc5c5ccccc5c4c3)c2)cc1. The maximum absolute atomic E-state index is 2.52. The van der Waals surface area contributed by atoms with Crippen molar-refractivity contribution in [3.8, 4) is 33.6 Å². The molecule has 0 aliphatic heterocycles. The Morgan fingerprint density at radius 1 is 0.259 bits per heavy atom. The molecule has 248 valence electrons. The molecule has 10 aromatic carbocycles. The van der Waals surface area contributed by atoms with Gasteiger partial charge in [0.1, 0.15) is 0 Å². The molecular weight excluding hydrogens is 653 g/mol. The summed E-state index contributed by atoms with van der Waals surface area (Å²) in [7, 11) is 0. The van der Waals surface area contributed by atoms with Crippen molar-refractivity contribution >= 4 is 86.7 Å². The second-order valence-corrected chi connectivity index (χ2v) is 14.8. The molecule has 13 rings (SSSR count). The predicted molar refractivity (Wildman–Crippen MR) is 230 cm³/mol. The van der Waals surface area contributed by atoms with Crippen LogP contribution >= 0.6 is 0 Å². The van der Waals surface area contributed by atoms with Crippen molar-refractivity contribution in [1.82, 2.24) is 9.13 Å². The van der Waals surface area contributed by atoms with Gasteiger partial charge in [-0.2, -0.15) is 0 Å². The van der Waals surface area contributed by atoms with Gasteiger partial charge in [-0.05, 0) is 108 Å². The highest BCUT2D eigenvalue weighted by atomic mass is 15.0. The number of fused-ring (bicyclic) bond motifs is 7. The molecule has 2 heteroatoms. The lowest BCUT2D eigenvalue weighted by atomic mass is 9.94. The predicted octanol–water partition coefficient (Wildman–Crippen LogP) is 14.1. The molecule has 2 nitrogen and oxygen atoms in total. The summed E-state index contributed by atoms with van der Waals surface area (Å²) in [5.41, 5.74) is 12.3. The van der Waals surface area contributed by atoms with Crippen LogP contribution in [0.4, 0.5) is 0 Å². The summed E-state index contributed by atoms with van der Waals surface area (Å²) < 4.78 is 5.00. The van der Waals surface area contributed by atoms with E-state index in [1.54, 1.807) is 0 Å². The van der Waals surface area contributed by atoms with Gasteiger partial charge in [0.25, 0.3) is 0 Å². The second kappa shape index (κ2) is 10.2. The van der Waals surface area contributed by atoms with Crippen molar-refractivity contribution in [2.24, 2.45) is 0 Å². The summed E-state index contributed by atoms with van der Waals surface area (Å²) >= 11 is 0. The van der Waals surface area contributed by atoms with E-state index in [0.717, 1.165) is 0 Å². The van der Waals surface area contributed by atoms with Crippen LogP contribution in [0.1, 0.15) is 0 Å². The highest BCUT2D eigenvalue weighted by Crippen LogP contribution is 2.51. The van der Waals surface area contributed by atoms with E-state index in [1.807, 2.05) is 0 Å². The van der Waals surface area contributed by atoms with E-state index in [4.69, 9.17) is 0 Å². The Morgan fingerprint density at radius 3 is 1.35 bits per heavy atom. The van der Waals surface area contributed by atoms with Crippen molar-refractivity contribution in [2.75, 3.05) is 0 Å². The van der Waals surface area contributed by atoms with E-state index in [2.05, 4.69) is 191 Å². The first-order valence-electron chi connectivity index (χ1n) is 18.8. The third-order valence-electron chi connectivity index (χ3n) is 12.2. The van der Waals surface area contributed by atoms with Crippen LogP contribution in [-0.4, -0.2) is 9.13 Å². The Morgan fingerprint density at radius 2 is 0.741 bits per heavy atom. The zero-order valence-electron chi connectivity index (χ0n) is 29.2. The van der Waals surface area contributed by atoms with Crippen LogP contribution in [0.15, 0.2) is 182 Å². The van der Waals surface area contributed by atoms with E-state index < -0.39 is 0 Å². The van der Waals surface area contributed by atoms with Crippen molar-refractivity contribution < 1.29 is 0 Å². The Bertz CT molecular complexity index is 3560. The van der Waals surface area contributed by atoms with Crippen molar-refractivity contribution in [3.63, 3.8) is 0 Å². The maximum Gasteiger partial charge on any atom is 0.0548 e. The van der Waals surface area contributed by atoms with Gasteiger partial charge in [0, 0.05) is 38.3 Å². The third-order valence-corrected chi connectivity index (χ3v) is 12.2. The van der Waals surface area contributed by atoms with E-state index in [1.165, 1.54) is 120 Å². The third kappa shape index (κ3) is 3.55. The van der Waals surface area contributed by atoms with E-state index in [0.29, 0.717) is 0 Å². The lowest BCUT2D eigenvalue weighted by Crippen LogP contribution is -1.95. The molecule has 2 aromatic heterocycles. The summed E-state index contributed by atoms with van der Waals surface area (Å²) in [6.45, 7) is 0. The molecule has 0 N–H and O–H groups in total. The molecule has 0 unspecified atom stereocenters. The molecule has 12 aromatic rings. The zero-order chi connectivity index (χ0) is 35.1. The van der Waals surface area contributed by atoms with Crippen LogP contribution in [0, 0.1) is 0 Å². The molecule has 0 spiro atoms. The summed E-state index contributed by atoms with van der Waals surface area (Å²) in [5, 5.41) is 15.7. The standard InChI is InChI=1S/C52H30N2/c1-2-11-31(12-3-1)33-13-8-14-34(29-33)53-44-21-9-19-41-42-20-10-22-45-50(42)52-47(28-24-32-23-27-46(53)51(48(32)52)49(41)44)54(45)35-25-26-40-38-17-5-4-15-36(38)37-16-6-7-18-39(37)43(40)30-35/h1-30H. The normalized spacial score (nSPS) is 12.4. The summed E-state index contributed by atoms with van der Waals surface area (Å²) in [4.78, 5) is 0. The van der Waals surface area contributed by atoms with Gasteiger partial charge >= 0.3 is 0 Å². The Labute approximate surface area is 310 Å². The fraction of sp³-hybridized carbons (Fsp3) is 0. The Kier molecular flexibility index (Phi) is 5.39. The molecule has 0 radical (unpaired) electrons. The topological polar surface area (TPSA) is 9.86 Å². The van der Waals surface area contributed by atoms with E-state index in [9.17, 15) is 0 Å². The average molecular weight is 683 g/mol. The highest BCUT2D eigenvalue weighted by molar-refractivity contribution is 6.39. The molecule has 0 saturated carbocycles. The van der Waals surface area contributed by atoms with Crippen LogP contribution in [0.3, 0.4) is 0 Å². The lowest BCUT2D eigenvalue weighted by molar-refractivity contribution is 1.18. The van der Waals surface area contributed by atoms with E-state index >= 15 is 0 Å². The second-order valence-electron chi connectivity index (χ2n) is 14.8. The lowest BCUT2D eigenvalue weighted by Gasteiger charge is -2.14. The summed E-state index contributed by atoms with van der Waals surface area (Å²) in [6.07, 6.45) is 0. The first-order chi connectivity index (χ1) is 26.8. The summed E-state index contributed by atoms with van der Waals surface area (Å²) in [6, 6.07) is 67.6. The van der Waals surface area contributed by atoms with Crippen LogP contribution in [0.5, 0.6) is 0 Å². The van der Waals surface area contributed by atoms with Crippen molar-refractivity contribution in [3.05, 3.63) is 182 Å². The molecule has 2 heterocycles. The van der Waals surface area contributed by atoms with Gasteiger partial charge in [0.05, 0.1) is 22.1 Å². The molecule has 0 fully saturated rings. The fourth-order valence-corrected chi connectivity index (χ4v) is 10.0. The van der Waals surface area contributed by atoms with Crippen LogP contribution < -0.4 is 0 Å². The maximum atomic E-state index is 2.52. The van der Waals surface area contributed by atoms with Crippen LogP contribution in [0.2, 0.25) is 0 Å². The molecule has 0 bridgehead atoms. The Hall–Kier alpha value is -7.16. The van der Waals surface area contributed by atoms with Gasteiger partial charge in [-0.1, -0.05) is 133 Å². The average Bonchev–Trinajstić information content (AvgIpc) is 3.73. The Balaban J connectivity index is 1.16. The first-order valence-corrected chi connectivity index (χ1v) is 18.8. The first kappa shape index (κ1) is 28.4. The van der Waals surface area contributed by atoms with Crippen LogP contribution in [-0.2, 0) is 0 Å². The smallest absolute Gasteiger partial charge is 0.0548 e. The quantitative estimate of drug-likeness (QED) is 0.164. The number of aromatic nitrogens is 2. The van der Waals surface area contributed by atoms with Gasteiger partial charge in [-0.25, -0.2) is 0 Å².